The fraction of sp³-hybridized carbons (Fsp3) is 0.333. The Morgan fingerprint density at radius 3 is 2.85 bits per heavy atom. The maximum atomic E-state index is 13.4. The molecule has 4 rings (SSSR count). The number of benzene rings is 1. The van der Waals surface area contributed by atoms with E-state index in [0.717, 1.165) is 36.5 Å². The summed E-state index contributed by atoms with van der Waals surface area (Å²) in [5.74, 6) is -0.197. The van der Waals surface area contributed by atoms with Crippen LogP contribution in [0.15, 0.2) is 54.9 Å². The summed E-state index contributed by atoms with van der Waals surface area (Å²) >= 11 is 0. The SMILES string of the molecule is Cn1cc(CN2CCCC2c2cccc(Cc3cccc(F)c3)n2)cn1. The molecule has 0 spiro atoms. The van der Waals surface area contributed by atoms with Gasteiger partial charge < -0.3 is 0 Å². The normalized spacial score (nSPS) is 17.7. The zero-order valence-electron chi connectivity index (χ0n) is 15.0. The Balaban J connectivity index is 1.51. The molecule has 1 aliphatic rings. The van der Waals surface area contributed by atoms with E-state index in [1.54, 1.807) is 12.1 Å². The van der Waals surface area contributed by atoms with E-state index in [1.807, 2.05) is 30.1 Å². The number of aryl methyl sites for hydroxylation is 1. The van der Waals surface area contributed by atoms with Crippen molar-refractivity contribution in [2.24, 2.45) is 7.05 Å². The van der Waals surface area contributed by atoms with Gasteiger partial charge in [-0.15, -0.1) is 0 Å². The molecule has 1 atom stereocenters. The molecule has 0 saturated carbocycles. The minimum absolute atomic E-state index is 0.197. The van der Waals surface area contributed by atoms with E-state index in [4.69, 9.17) is 4.98 Å². The van der Waals surface area contributed by atoms with Gasteiger partial charge in [0.1, 0.15) is 5.82 Å². The summed E-state index contributed by atoms with van der Waals surface area (Å²) in [5, 5.41) is 4.27. The van der Waals surface area contributed by atoms with Crippen molar-refractivity contribution in [1.29, 1.82) is 0 Å². The van der Waals surface area contributed by atoms with Gasteiger partial charge in [-0.2, -0.15) is 5.10 Å². The molecular weight excluding hydrogens is 327 g/mol. The maximum Gasteiger partial charge on any atom is 0.123 e. The lowest BCUT2D eigenvalue weighted by Crippen LogP contribution is -2.23. The van der Waals surface area contributed by atoms with Crippen LogP contribution in [0.3, 0.4) is 0 Å². The molecule has 1 saturated heterocycles. The smallest absolute Gasteiger partial charge is 0.123 e. The number of hydrogen-bond acceptors (Lipinski definition) is 3. The van der Waals surface area contributed by atoms with Crippen molar-refractivity contribution in [2.45, 2.75) is 31.8 Å². The number of pyridine rings is 1. The van der Waals surface area contributed by atoms with Crippen LogP contribution in [0.5, 0.6) is 0 Å². The summed E-state index contributed by atoms with van der Waals surface area (Å²) in [5.41, 5.74) is 4.28. The molecule has 1 aromatic carbocycles. The largest absolute Gasteiger partial charge is 0.290 e. The van der Waals surface area contributed by atoms with Gasteiger partial charge in [0.05, 0.1) is 17.9 Å². The highest BCUT2D eigenvalue weighted by Gasteiger charge is 2.27. The van der Waals surface area contributed by atoms with Crippen molar-refractivity contribution in [2.75, 3.05) is 6.54 Å². The lowest BCUT2D eigenvalue weighted by Gasteiger charge is -2.23. The first-order valence-electron chi connectivity index (χ1n) is 9.09. The van der Waals surface area contributed by atoms with Gasteiger partial charge in [0.15, 0.2) is 0 Å². The number of rotatable bonds is 5. The molecule has 1 aliphatic heterocycles. The van der Waals surface area contributed by atoms with Gasteiger partial charge in [-0.1, -0.05) is 18.2 Å². The summed E-state index contributed by atoms with van der Waals surface area (Å²) in [6.07, 6.45) is 6.96. The highest BCUT2D eigenvalue weighted by Crippen LogP contribution is 2.32. The van der Waals surface area contributed by atoms with E-state index in [0.29, 0.717) is 12.5 Å². The molecule has 0 amide bonds. The first-order chi connectivity index (χ1) is 12.7. The summed E-state index contributed by atoms with van der Waals surface area (Å²) in [6.45, 7) is 1.98. The molecule has 0 aliphatic carbocycles. The monoisotopic (exact) mass is 350 g/mol. The molecule has 3 heterocycles. The van der Waals surface area contributed by atoms with Crippen molar-refractivity contribution in [3.8, 4) is 0 Å². The standard InChI is InChI=1S/C21H23FN4/c1-25-14-17(13-23-25)15-26-10-4-9-21(26)20-8-3-7-19(24-20)12-16-5-2-6-18(22)11-16/h2-3,5-8,11,13-14,21H,4,9-10,12,15H2,1H3. The summed E-state index contributed by atoms with van der Waals surface area (Å²) in [6, 6.07) is 13.3. The zero-order chi connectivity index (χ0) is 17.9. The molecule has 4 nitrogen and oxygen atoms in total. The van der Waals surface area contributed by atoms with E-state index in [1.165, 1.54) is 18.1 Å². The number of likely N-dealkylation sites (tertiary alicyclic amines) is 1. The Hall–Kier alpha value is -2.53. The van der Waals surface area contributed by atoms with Gasteiger partial charge in [0.25, 0.3) is 0 Å². The minimum Gasteiger partial charge on any atom is -0.290 e. The van der Waals surface area contributed by atoms with Crippen LogP contribution in [0.2, 0.25) is 0 Å². The second kappa shape index (κ2) is 7.38. The van der Waals surface area contributed by atoms with Gasteiger partial charge in [0, 0.05) is 37.5 Å². The van der Waals surface area contributed by atoms with Crippen molar-refractivity contribution in [3.05, 3.63) is 83.2 Å². The van der Waals surface area contributed by atoms with Crippen molar-refractivity contribution >= 4 is 0 Å². The fourth-order valence-corrected chi connectivity index (χ4v) is 3.78. The first kappa shape index (κ1) is 16.9. The van der Waals surface area contributed by atoms with Crippen molar-refractivity contribution in [3.63, 3.8) is 0 Å². The summed E-state index contributed by atoms with van der Waals surface area (Å²) in [7, 11) is 1.95. The quantitative estimate of drug-likeness (QED) is 0.700. The third kappa shape index (κ3) is 3.83. The zero-order valence-corrected chi connectivity index (χ0v) is 15.0. The Morgan fingerprint density at radius 2 is 2.04 bits per heavy atom. The predicted octanol–water partition coefficient (Wildman–Crippen LogP) is 3.88. The van der Waals surface area contributed by atoms with Gasteiger partial charge in [0.2, 0.25) is 0 Å². The Bertz CT molecular complexity index is 889. The molecule has 0 N–H and O–H groups in total. The van der Waals surface area contributed by atoms with Gasteiger partial charge in [-0.05, 0) is 49.2 Å². The van der Waals surface area contributed by atoms with Gasteiger partial charge in [-0.3, -0.25) is 14.6 Å². The molecule has 26 heavy (non-hydrogen) atoms. The molecule has 5 heteroatoms. The lowest BCUT2D eigenvalue weighted by atomic mass is 10.1. The maximum absolute atomic E-state index is 13.4. The highest BCUT2D eigenvalue weighted by molar-refractivity contribution is 5.24. The van der Waals surface area contributed by atoms with Gasteiger partial charge in [-0.25, -0.2) is 4.39 Å². The van der Waals surface area contributed by atoms with Crippen LogP contribution in [0.25, 0.3) is 0 Å². The molecular formula is C21H23FN4. The van der Waals surface area contributed by atoms with Crippen LogP contribution in [-0.4, -0.2) is 26.2 Å². The Kier molecular flexibility index (Phi) is 4.80. The average Bonchev–Trinajstić information content (AvgIpc) is 3.24. The fourth-order valence-electron chi connectivity index (χ4n) is 3.78. The summed E-state index contributed by atoms with van der Waals surface area (Å²) < 4.78 is 15.3. The molecule has 2 aromatic heterocycles. The van der Waals surface area contributed by atoms with Crippen molar-refractivity contribution < 1.29 is 4.39 Å². The van der Waals surface area contributed by atoms with Crippen LogP contribution in [0.1, 0.15) is 41.4 Å². The van der Waals surface area contributed by atoms with Crippen LogP contribution >= 0.6 is 0 Å². The molecule has 134 valence electrons. The molecule has 0 bridgehead atoms. The molecule has 1 unspecified atom stereocenters. The van der Waals surface area contributed by atoms with E-state index < -0.39 is 0 Å². The van der Waals surface area contributed by atoms with Crippen LogP contribution < -0.4 is 0 Å². The lowest BCUT2D eigenvalue weighted by molar-refractivity contribution is 0.244. The Morgan fingerprint density at radius 1 is 1.15 bits per heavy atom. The molecule has 0 radical (unpaired) electrons. The number of halogens is 1. The summed E-state index contributed by atoms with van der Waals surface area (Å²) in [4.78, 5) is 7.37. The minimum atomic E-state index is -0.197. The Labute approximate surface area is 153 Å². The predicted molar refractivity (Wildman–Crippen MR) is 99.0 cm³/mol. The third-order valence-electron chi connectivity index (χ3n) is 4.95. The van der Waals surface area contributed by atoms with Crippen molar-refractivity contribution in [1.82, 2.24) is 19.7 Å². The average molecular weight is 350 g/mol. The van der Waals surface area contributed by atoms with Gasteiger partial charge >= 0.3 is 0 Å². The van der Waals surface area contributed by atoms with E-state index in [2.05, 4.69) is 28.3 Å². The van der Waals surface area contributed by atoms with Crippen LogP contribution in [-0.2, 0) is 20.0 Å². The third-order valence-corrected chi connectivity index (χ3v) is 4.95. The molecule has 1 fully saturated rings. The van der Waals surface area contributed by atoms with E-state index in [9.17, 15) is 4.39 Å². The number of aromatic nitrogens is 3. The number of nitrogens with zero attached hydrogens (tertiary/aromatic N) is 4. The topological polar surface area (TPSA) is 34.0 Å². The second-order valence-electron chi connectivity index (χ2n) is 7.01. The van der Waals surface area contributed by atoms with Crippen LogP contribution in [0, 0.1) is 5.82 Å². The van der Waals surface area contributed by atoms with E-state index in [-0.39, 0.29) is 5.82 Å². The highest BCUT2D eigenvalue weighted by atomic mass is 19.1. The van der Waals surface area contributed by atoms with Crippen LogP contribution in [0.4, 0.5) is 4.39 Å². The first-order valence-corrected chi connectivity index (χ1v) is 9.09. The van der Waals surface area contributed by atoms with E-state index >= 15 is 0 Å². The second-order valence-corrected chi connectivity index (χ2v) is 7.01. The number of hydrogen-bond donors (Lipinski definition) is 0. The molecule has 3 aromatic rings.